The molecular weight excluding hydrogens is 302 g/mol. The minimum Gasteiger partial charge on any atom is -0.396 e. The molecule has 0 aromatic heterocycles. The molecular formula is C19H31N3O2. The lowest BCUT2D eigenvalue weighted by molar-refractivity contribution is 0.130. The van der Waals surface area contributed by atoms with Crippen molar-refractivity contribution in [2.75, 3.05) is 45.9 Å². The van der Waals surface area contributed by atoms with Gasteiger partial charge in [0.15, 0.2) is 0 Å². The van der Waals surface area contributed by atoms with E-state index in [-0.39, 0.29) is 18.6 Å². The standard InChI is InChI=1S/C19H31N3O2/c1-16(2)15-21-9-11-22(12-10-21)19(24)20-14-18(8-13-23)17-6-4-3-5-7-17/h3-7,16,18,23H,8-15H2,1-2H3,(H,20,24). The fraction of sp³-hybridized carbons (Fsp3) is 0.632. The zero-order chi connectivity index (χ0) is 17.4. The van der Waals surface area contributed by atoms with E-state index in [9.17, 15) is 9.90 Å². The average molecular weight is 333 g/mol. The first kappa shape index (κ1) is 18.7. The molecule has 1 aromatic carbocycles. The van der Waals surface area contributed by atoms with E-state index in [1.54, 1.807) is 0 Å². The van der Waals surface area contributed by atoms with E-state index in [2.05, 4.69) is 36.2 Å². The summed E-state index contributed by atoms with van der Waals surface area (Å²) in [5, 5.41) is 12.3. The van der Waals surface area contributed by atoms with Crippen molar-refractivity contribution in [3.63, 3.8) is 0 Å². The Balaban J connectivity index is 1.79. The summed E-state index contributed by atoms with van der Waals surface area (Å²) in [5.74, 6) is 0.817. The minimum atomic E-state index is 0.0121. The summed E-state index contributed by atoms with van der Waals surface area (Å²) in [6.45, 7) is 9.71. The largest absolute Gasteiger partial charge is 0.396 e. The highest BCUT2D eigenvalue weighted by atomic mass is 16.3. The van der Waals surface area contributed by atoms with Gasteiger partial charge in [-0.1, -0.05) is 44.2 Å². The molecule has 1 atom stereocenters. The Morgan fingerprint density at radius 1 is 1.17 bits per heavy atom. The highest BCUT2D eigenvalue weighted by Gasteiger charge is 2.22. The molecule has 1 fully saturated rings. The van der Waals surface area contributed by atoms with Crippen molar-refractivity contribution in [1.82, 2.24) is 15.1 Å². The Kier molecular flexibility index (Phi) is 7.53. The van der Waals surface area contributed by atoms with Crippen molar-refractivity contribution < 1.29 is 9.90 Å². The zero-order valence-corrected chi connectivity index (χ0v) is 14.9. The molecule has 5 heteroatoms. The summed E-state index contributed by atoms with van der Waals surface area (Å²) in [5.41, 5.74) is 1.16. The summed E-state index contributed by atoms with van der Waals surface area (Å²) in [6, 6.07) is 10.1. The third-order valence-electron chi connectivity index (χ3n) is 4.53. The number of hydrogen-bond donors (Lipinski definition) is 2. The van der Waals surface area contributed by atoms with Crippen LogP contribution in [0, 0.1) is 5.92 Å². The third kappa shape index (κ3) is 5.80. The fourth-order valence-electron chi connectivity index (χ4n) is 3.24. The first-order valence-electron chi connectivity index (χ1n) is 9.01. The highest BCUT2D eigenvalue weighted by molar-refractivity contribution is 5.74. The van der Waals surface area contributed by atoms with Crippen LogP contribution in [0.15, 0.2) is 30.3 Å². The molecule has 0 saturated carbocycles. The van der Waals surface area contributed by atoms with Crippen molar-refractivity contribution in [3.8, 4) is 0 Å². The predicted octanol–water partition coefficient (Wildman–Crippen LogP) is 2.14. The molecule has 5 nitrogen and oxygen atoms in total. The monoisotopic (exact) mass is 333 g/mol. The number of rotatable bonds is 7. The lowest BCUT2D eigenvalue weighted by Gasteiger charge is -2.35. The summed E-state index contributed by atoms with van der Waals surface area (Å²) >= 11 is 0. The maximum Gasteiger partial charge on any atom is 0.317 e. The van der Waals surface area contributed by atoms with E-state index in [1.807, 2.05) is 23.1 Å². The molecule has 0 aliphatic carbocycles. The first-order valence-corrected chi connectivity index (χ1v) is 9.01. The van der Waals surface area contributed by atoms with Crippen LogP contribution in [-0.2, 0) is 0 Å². The predicted molar refractivity (Wildman–Crippen MR) is 97.1 cm³/mol. The fourth-order valence-corrected chi connectivity index (χ4v) is 3.24. The second kappa shape index (κ2) is 9.64. The topological polar surface area (TPSA) is 55.8 Å². The molecule has 0 radical (unpaired) electrons. The van der Waals surface area contributed by atoms with Gasteiger partial charge in [-0.3, -0.25) is 4.90 Å². The lowest BCUT2D eigenvalue weighted by Crippen LogP contribution is -2.52. The number of urea groups is 1. The second-order valence-electron chi connectivity index (χ2n) is 6.99. The van der Waals surface area contributed by atoms with Crippen LogP contribution in [0.3, 0.4) is 0 Å². The quantitative estimate of drug-likeness (QED) is 0.804. The Labute approximate surface area is 145 Å². The molecule has 134 valence electrons. The van der Waals surface area contributed by atoms with Crippen LogP contribution < -0.4 is 5.32 Å². The van der Waals surface area contributed by atoms with Gasteiger partial charge in [0.05, 0.1) is 0 Å². The molecule has 0 bridgehead atoms. The summed E-state index contributed by atoms with van der Waals surface area (Å²) < 4.78 is 0. The van der Waals surface area contributed by atoms with Gasteiger partial charge in [-0.25, -0.2) is 4.79 Å². The van der Waals surface area contributed by atoms with Crippen LogP contribution in [-0.4, -0.2) is 66.8 Å². The van der Waals surface area contributed by atoms with Crippen LogP contribution in [0.25, 0.3) is 0 Å². The van der Waals surface area contributed by atoms with Crippen molar-refractivity contribution in [2.24, 2.45) is 5.92 Å². The number of carbonyl (C=O) groups is 1. The van der Waals surface area contributed by atoms with E-state index >= 15 is 0 Å². The molecule has 0 spiro atoms. The number of hydrogen-bond acceptors (Lipinski definition) is 3. The Hall–Kier alpha value is -1.59. The Morgan fingerprint density at radius 3 is 2.42 bits per heavy atom. The molecule has 1 aliphatic heterocycles. The normalized spacial score (nSPS) is 17.1. The molecule has 1 aromatic rings. The Bertz CT molecular complexity index is 485. The average Bonchev–Trinajstić information content (AvgIpc) is 2.59. The van der Waals surface area contributed by atoms with E-state index in [4.69, 9.17) is 0 Å². The van der Waals surface area contributed by atoms with E-state index in [0.29, 0.717) is 18.9 Å². The SMILES string of the molecule is CC(C)CN1CCN(C(=O)NCC(CCO)c2ccccc2)CC1. The maximum atomic E-state index is 12.4. The van der Waals surface area contributed by atoms with Gasteiger partial charge in [-0.2, -0.15) is 0 Å². The van der Waals surface area contributed by atoms with Crippen molar-refractivity contribution in [3.05, 3.63) is 35.9 Å². The van der Waals surface area contributed by atoms with Gasteiger partial charge >= 0.3 is 6.03 Å². The maximum absolute atomic E-state index is 12.4. The van der Waals surface area contributed by atoms with Gasteiger partial charge in [-0.15, -0.1) is 0 Å². The van der Waals surface area contributed by atoms with Crippen LogP contribution in [0.1, 0.15) is 31.7 Å². The first-order chi connectivity index (χ1) is 11.6. The number of piperazine rings is 1. The number of amides is 2. The van der Waals surface area contributed by atoms with Gasteiger partial charge in [0.2, 0.25) is 0 Å². The van der Waals surface area contributed by atoms with Crippen molar-refractivity contribution in [1.29, 1.82) is 0 Å². The second-order valence-corrected chi connectivity index (χ2v) is 6.99. The Morgan fingerprint density at radius 2 is 1.83 bits per heavy atom. The van der Waals surface area contributed by atoms with Crippen LogP contribution in [0.4, 0.5) is 4.79 Å². The summed E-state index contributed by atoms with van der Waals surface area (Å²) in [7, 11) is 0. The minimum absolute atomic E-state index is 0.0121. The number of nitrogens with one attached hydrogen (secondary N) is 1. The number of aliphatic hydroxyl groups excluding tert-OH is 1. The smallest absolute Gasteiger partial charge is 0.317 e. The van der Waals surface area contributed by atoms with E-state index < -0.39 is 0 Å². The molecule has 1 unspecified atom stereocenters. The summed E-state index contributed by atoms with van der Waals surface area (Å²) in [6.07, 6.45) is 0.659. The van der Waals surface area contributed by atoms with Crippen LogP contribution in [0.2, 0.25) is 0 Å². The number of aliphatic hydroxyl groups is 1. The molecule has 1 heterocycles. The van der Waals surface area contributed by atoms with E-state index in [0.717, 1.165) is 38.3 Å². The van der Waals surface area contributed by atoms with Crippen molar-refractivity contribution >= 4 is 6.03 Å². The highest BCUT2D eigenvalue weighted by Crippen LogP contribution is 2.18. The third-order valence-corrected chi connectivity index (χ3v) is 4.53. The molecule has 24 heavy (non-hydrogen) atoms. The van der Waals surface area contributed by atoms with Gasteiger partial charge in [0.1, 0.15) is 0 Å². The van der Waals surface area contributed by atoms with Gasteiger partial charge < -0.3 is 15.3 Å². The summed E-state index contributed by atoms with van der Waals surface area (Å²) in [4.78, 5) is 16.7. The van der Waals surface area contributed by atoms with Crippen LogP contribution in [0.5, 0.6) is 0 Å². The van der Waals surface area contributed by atoms with E-state index in [1.165, 1.54) is 0 Å². The number of benzene rings is 1. The van der Waals surface area contributed by atoms with Gasteiger partial charge in [0, 0.05) is 51.8 Å². The molecule has 2 N–H and O–H groups in total. The van der Waals surface area contributed by atoms with Crippen molar-refractivity contribution in [2.45, 2.75) is 26.2 Å². The molecule has 2 rings (SSSR count). The van der Waals surface area contributed by atoms with Gasteiger partial charge in [0.25, 0.3) is 0 Å². The van der Waals surface area contributed by atoms with Crippen LogP contribution >= 0.6 is 0 Å². The lowest BCUT2D eigenvalue weighted by atomic mass is 9.96. The molecule has 2 amide bonds. The number of carbonyl (C=O) groups excluding carboxylic acids is 1. The zero-order valence-electron chi connectivity index (χ0n) is 14.9. The molecule has 1 saturated heterocycles. The number of nitrogens with zero attached hydrogens (tertiary/aromatic N) is 2. The van der Waals surface area contributed by atoms with Gasteiger partial charge in [-0.05, 0) is 17.9 Å². The molecule has 1 aliphatic rings.